The molecule has 1 unspecified atom stereocenters. The molecule has 1 rings (SSSR count). The molecule has 0 saturated heterocycles. The quantitative estimate of drug-likeness (QED) is 0.156. The summed E-state index contributed by atoms with van der Waals surface area (Å²) in [5, 5.41) is 21.7. The highest BCUT2D eigenvalue weighted by molar-refractivity contribution is 7.91. The number of anilines is 1. The second-order valence-corrected chi connectivity index (χ2v) is 11.3. The molecule has 9 heteroatoms. The Hall–Kier alpha value is -1.76. The minimum atomic E-state index is -4.72. The molecule has 2 N–H and O–H groups in total. The van der Waals surface area contributed by atoms with E-state index in [0.29, 0.717) is 12.5 Å². The van der Waals surface area contributed by atoms with Crippen LogP contribution in [-0.4, -0.2) is 32.7 Å². The summed E-state index contributed by atoms with van der Waals surface area (Å²) in [5.41, 5.74) is -3.48. The molecule has 0 saturated carbocycles. The second-order valence-electron chi connectivity index (χ2n) is 9.59. The van der Waals surface area contributed by atoms with Crippen LogP contribution >= 0.6 is 0 Å². The predicted molar refractivity (Wildman–Crippen MR) is 139 cm³/mol. The topological polar surface area (TPSA) is 96.2 Å². The number of carbonyl (C=O) groups is 1. The van der Waals surface area contributed by atoms with Gasteiger partial charge < -0.3 is 15.0 Å². The summed E-state index contributed by atoms with van der Waals surface area (Å²) in [7, 11) is 0. The lowest BCUT2D eigenvalue weighted by atomic mass is 9.96. The molecule has 1 amide bonds. The van der Waals surface area contributed by atoms with Crippen LogP contribution in [0.4, 0.5) is 18.9 Å². The van der Waals surface area contributed by atoms with E-state index in [2.05, 4.69) is 12.2 Å². The van der Waals surface area contributed by atoms with Crippen molar-refractivity contribution >= 4 is 22.8 Å². The van der Waals surface area contributed by atoms with Gasteiger partial charge in [-0.2, -0.15) is 18.4 Å². The smallest absolute Gasteiger partial charge is 0.417 e. The predicted octanol–water partition coefficient (Wildman–Crippen LogP) is 7.11. The third kappa shape index (κ3) is 13.0. The number of unbranched alkanes of at least 4 members (excludes halogenated alkanes) is 10. The second kappa shape index (κ2) is 16.9. The van der Waals surface area contributed by atoms with Gasteiger partial charge in [0.25, 0.3) is 5.91 Å². The third-order valence-electron chi connectivity index (χ3n) is 6.20. The fraction of sp³-hybridized carbons (Fsp3) is 0.704. The lowest BCUT2D eigenvalue weighted by molar-refractivity contribution is -0.138. The monoisotopic (exact) mass is 530 g/mol. The maximum absolute atomic E-state index is 13.1. The number of aliphatic hydroxyl groups is 1. The van der Waals surface area contributed by atoms with Gasteiger partial charge in [0.2, 0.25) is 0 Å². The number of alkyl halides is 3. The molecule has 0 bridgehead atoms. The molecule has 0 aliphatic heterocycles. The van der Waals surface area contributed by atoms with Crippen LogP contribution in [0.5, 0.6) is 0 Å². The number of hydrogen-bond acceptors (Lipinski definition) is 4. The van der Waals surface area contributed by atoms with Crippen molar-refractivity contribution in [3.8, 4) is 6.07 Å². The number of hydrogen-bond donors (Lipinski definition) is 2. The SMILES string of the molecule is CCCCCC[S+]([O-])CCCCCCCCCC[C@](C)(O)C(=O)Nc1ccc(C#N)c(C(F)(F)F)c1. The summed E-state index contributed by atoms with van der Waals surface area (Å²) in [6.45, 7) is 3.52. The first-order valence-corrected chi connectivity index (χ1v) is 14.5. The Morgan fingerprint density at radius 2 is 1.53 bits per heavy atom. The molecule has 0 heterocycles. The van der Waals surface area contributed by atoms with E-state index in [-0.39, 0.29) is 12.1 Å². The first-order valence-electron chi connectivity index (χ1n) is 13.0. The Bertz CT molecular complexity index is 825. The zero-order chi connectivity index (χ0) is 27.0. The molecule has 0 aliphatic rings. The van der Waals surface area contributed by atoms with E-state index < -0.39 is 40.0 Å². The van der Waals surface area contributed by atoms with Crippen molar-refractivity contribution in [2.45, 2.75) is 109 Å². The summed E-state index contributed by atoms with van der Waals surface area (Å²) in [5.74, 6) is 0.843. The normalized spacial score (nSPS) is 14.2. The van der Waals surface area contributed by atoms with Gasteiger partial charge in [0, 0.05) is 5.69 Å². The average Bonchev–Trinajstić information content (AvgIpc) is 2.82. The Morgan fingerprint density at radius 3 is 2.06 bits per heavy atom. The van der Waals surface area contributed by atoms with Crippen LogP contribution in [0.15, 0.2) is 18.2 Å². The fourth-order valence-corrected chi connectivity index (χ4v) is 5.17. The molecule has 0 aromatic heterocycles. The van der Waals surface area contributed by atoms with Gasteiger partial charge in [-0.05, 0) is 57.2 Å². The lowest BCUT2D eigenvalue weighted by Crippen LogP contribution is -2.40. The van der Waals surface area contributed by atoms with Gasteiger partial charge in [-0.3, -0.25) is 4.79 Å². The standard InChI is InChI=1S/C27H41F3N2O3S/c1-3-4-5-13-18-36(35)19-14-11-9-7-6-8-10-12-17-26(2,34)25(33)32-23-16-15-22(21-31)24(20-23)27(28,29)30/h15-16,20,34H,3-14,17-19H2,1-2H3,(H,32,33)/t26-,36?/m0/s1. The number of amides is 1. The van der Waals surface area contributed by atoms with Crippen molar-refractivity contribution in [3.63, 3.8) is 0 Å². The van der Waals surface area contributed by atoms with Gasteiger partial charge in [0.05, 0.1) is 17.2 Å². The van der Waals surface area contributed by atoms with Gasteiger partial charge >= 0.3 is 6.18 Å². The van der Waals surface area contributed by atoms with Crippen LogP contribution in [-0.2, 0) is 22.1 Å². The number of halogens is 3. The van der Waals surface area contributed by atoms with Gasteiger partial charge in [0.15, 0.2) is 0 Å². The maximum atomic E-state index is 13.1. The molecule has 0 spiro atoms. The van der Waals surface area contributed by atoms with E-state index in [1.165, 1.54) is 38.3 Å². The van der Waals surface area contributed by atoms with Crippen LogP contribution in [0.25, 0.3) is 0 Å². The Balaban J connectivity index is 2.22. The van der Waals surface area contributed by atoms with Gasteiger partial charge in [-0.1, -0.05) is 69.5 Å². The molecular formula is C27H41F3N2O3S. The fourth-order valence-electron chi connectivity index (χ4n) is 3.92. The Morgan fingerprint density at radius 1 is 1.00 bits per heavy atom. The first kappa shape index (κ1) is 32.3. The molecule has 5 nitrogen and oxygen atoms in total. The molecule has 2 atom stereocenters. The number of nitrogens with zero attached hydrogens (tertiary/aromatic N) is 1. The maximum Gasteiger partial charge on any atom is 0.417 e. The zero-order valence-electron chi connectivity index (χ0n) is 21.6. The van der Waals surface area contributed by atoms with Crippen molar-refractivity contribution in [1.82, 2.24) is 0 Å². The van der Waals surface area contributed by atoms with Crippen LogP contribution in [0.3, 0.4) is 0 Å². The van der Waals surface area contributed by atoms with Crippen LogP contribution in [0, 0.1) is 11.3 Å². The number of benzene rings is 1. The summed E-state index contributed by atoms with van der Waals surface area (Å²) in [4.78, 5) is 12.4. The third-order valence-corrected chi connectivity index (χ3v) is 7.69. The summed E-state index contributed by atoms with van der Waals surface area (Å²) < 4.78 is 51.3. The molecule has 1 aromatic carbocycles. The minimum absolute atomic E-state index is 0.119. The zero-order valence-corrected chi connectivity index (χ0v) is 22.4. The molecule has 36 heavy (non-hydrogen) atoms. The number of rotatable bonds is 18. The minimum Gasteiger partial charge on any atom is -0.616 e. The summed E-state index contributed by atoms with van der Waals surface area (Å²) in [6.07, 6.45) is 7.91. The highest BCUT2D eigenvalue weighted by Gasteiger charge is 2.35. The van der Waals surface area contributed by atoms with E-state index in [4.69, 9.17) is 5.26 Å². The Labute approximate surface area is 217 Å². The van der Waals surface area contributed by atoms with Crippen molar-refractivity contribution in [2.75, 3.05) is 16.8 Å². The van der Waals surface area contributed by atoms with E-state index in [0.717, 1.165) is 68.9 Å². The van der Waals surface area contributed by atoms with Crippen molar-refractivity contribution in [1.29, 1.82) is 5.26 Å². The number of nitriles is 1. The number of carbonyl (C=O) groups excluding carboxylic acids is 1. The first-order chi connectivity index (χ1) is 17.0. The molecule has 204 valence electrons. The average molecular weight is 531 g/mol. The summed E-state index contributed by atoms with van der Waals surface area (Å²) in [6, 6.07) is 4.41. The van der Waals surface area contributed by atoms with E-state index in [9.17, 15) is 27.6 Å². The Kier molecular flexibility index (Phi) is 15.1. The lowest BCUT2D eigenvalue weighted by Gasteiger charge is -2.22. The van der Waals surface area contributed by atoms with Gasteiger partial charge in [-0.15, -0.1) is 0 Å². The molecule has 1 aromatic rings. The molecule has 0 radical (unpaired) electrons. The number of nitrogens with one attached hydrogen (secondary N) is 1. The van der Waals surface area contributed by atoms with Gasteiger partial charge in [0.1, 0.15) is 17.1 Å². The molecule has 0 fully saturated rings. The highest BCUT2D eigenvalue weighted by Crippen LogP contribution is 2.33. The van der Waals surface area contributed by atoms with E-state index >= 15 is 0 Å². The molecule has 0 aliphatic carbocycles. The van der Waals surface area contributed by atoms with Crippen LogP contribution < -0.4 is 5.32 Å². The van der Waals surface area contributed by atoms with Crippen molar-refractivity contribution in [3.05, 3.63) is 29.3 Å². The van der Waals surface area contributed by atoms with Crippen LogP contribution in [0.1, 0.15) is 108 Å². The van der Waals surface area contributed by atoms with E-state index in [1.54, 1.807) is 0 Å². The van der Waals surface area contributed by atoms with Gasteiger partial charge in [-0.25, -0.2) is 0 Å². The van der Waals surface area contributed by atoms with Crippen molar-refractivity contribution in [2.24, 2.45) is 0 Å². The van der Waals surface area contributed by atoms with Crippen molar-refractivity contribution < 1.29 is 27.6 Å². The van der Waals surface area contributed by atoms with E-state index in [1.807, 2.05) is 0 Å². The summed E-state index contributed by atoms with van der Waals surface area (Å²) >= 11 is -0.687. The highest BCUT2D eigenvalue weighted by atomic mass is 32.2. The van der Waals surface area contributed by atoms with Crippen LogP contribution in [0.2, 0.25) is 0 Å². The largest absolute Gasteiger partial charge is 0.616 e. The molecular weight excluding hydrogens is 489 g/mol.